The van der Waals surface area contributed by atoms with Gasteiger partial charge in [-0.15, -0.1) is 0 Å². The van der Waals surface area contributed by atoms with Crippen LogP contribution in [0.15, 0.2) is 0 Å². The number of esters is 1. The minimum absolute atomic E-state index is 0.103. The fourth-order valence-electron chi connectivity index (χ4n) is 1.80. The standard InChI is InChI=1S/C10H17NO3/c1-13-8-5-9(11-6-8)10(12)14-7-3-2-4-7/h7-9,11H,2-6H2,1H3. The van der Waals surface area contributed by atoms with Gasteiger partial charge in [-0.05, 0) is 19.3 Å². The number of rotatable bonds is 3. The van der Waals surface area contributed by atoms with E-state index in [1.54, 1.807) is 7.11 Å². The largest absolute Gasteiger partial charge is 0.461 e. The number of ether oxygens (including phenoxy) is 2. The van der Waals surface area contributed by atoms with E-state index in [9.17, 15) is 4.79 Å². The molecule has 1 aliphatic carbocycles. The summed E-state index contributed by atoms with van der Waals surface area (Å²) in [5, 5.41) is 3.11. The smallest absolute Gasteiger partial charge is 0.323 e. The Hall–Kier alpha value is -0.610. The molecule has 2 unspecified atom stereocenters. The van der Waals surface area contributed by atoms with Gasteiger partial charge in [0.05, 0.1) is 6.10 Å². The maximum absolute atomic E-state index is 11.6. The van der Waals surface area contributed by atoms with Gasteiger partial charge in [-0.1, -0.05) is 0 Å². The Kier molecular flexibility index (Phi) is 3.03. The van der Waals surface area contributed by atoms with Crippen molar-refractivity contribution in [1.82, 2.24) is 5.32 Å². The fraction of sp³-hybridized carbons (Fsp3) is 0.900. The molecule has 1 heterocycles. The number of carbonyl (C=O) groups is 1. The third kappa shape index (κ3) is 2.07. The second kappa shape index (κ2) is 4.28. The van der Waals surface area contributed by atoms with E-state index in [0.717, 1.165) is 25.8 Å². The highest BCUT2D eigenvalue weighted by molar-refractivity contribution is 5.76. The van der Waals surface area contributed by atoms with Crippen LogP contribution < -0.4 is 5.32 Å². The van der Waals surface area contributed by atoms with Gasteiger partial charge in [-0.2, -0.15) is 0 Å². The molecule has 1 aliphatic heterocycles. The van der Waals surface area contributed by atoms with Gasteiger partial charge in [0, 0.05) is 20.1 Å². The molecular weight excluding hydrogens is 182 g/mol. The predicted molar refractivity (Wildman–Crippen MR) is 50.9 cm³/mol. The van der Waals surface area contributed by atoms with Crippen LogP contribution in [0.3, 0.4) is 0 Å². The van der Waals surface area contributed by atoms with Crippen molar-refractivity contribution < 1.29 is 14.3 Å². The van der Waals surface area contributed by atoms with E-state index < -0.39 is 0 Å². The highest BCUT2D eigenvalue weighted by Gasteiger charge is 2.32. The van der Waals surface area contributed by atoms with Gasteiger partial charge >= 0.3 is 5.97 Å². The van der Waals surface area contributed by atoms with Crippen molar-refractivity contribution in [2.24, 2.45) is 0 Å². The maximum Gasteiger partial charge on any atom is 0.323 e. The summed E-state index contributed by atoms with van der Waals surface area (Å²) in [5.41, 5.74) is 0. The third-order valence-corrected chi connectivity index (χ3v) is 3.04. The zero-order valence-corrected chi connectivity index (χ0v) is 8.49. The van der Waals surface area contributed by atoms with Crippen LogP contribution in [0.1, 0.15) is 25.7 Å². The minimum Gasteiger partial charge on any atom is -0.461 e. The lowest BCUT2D eigenvalue weighted by Gasteiger charge is -2.26. The topological polar surface area (TPSA) is 47.6 Å². The van der Waals surface area contributed by atoms with Gasteiger partial charge in [-0.3, -0.25) is 4.79 Å². The molecule has 0 spiro atoms. The lowest BCUT2D eigenvalue weighted by molar-refractivity contribution is -0.155. The van der Waals surface area contributed by atoms with Gasteiger partial charge < -0.3 is 14.8 Å². The molecule has 4 nitrogen and oxygen atoms in total. The molecule has 0 aromatic heterocycles. The molecule has 14 heavy (non-hydrogen) atoms. The van der Waals surface area contributed by atoms with E-state index in [1.807, 2.05) is 0 Å². The van der Waals surface area contributed by atoms with Gasteiger partial charge in [0.15, 0.2) is 0 Å². The van der Waals surface area contributed by atoms with Gasteiger partial charge in [0.25, 0.3) is 0 Å². The molecule has 4 heteroatoms. The average Bonchev–Trinajstić information content (AvgIpc) is 2.59. The van der Waals surface area contributed by atoms with Crippen LogP contribution in [-0.2, 0) is 14.3 Å². The molecule has 0 amide bonds. The van der Waals surface area contributed by atoms with Gasteiger partial charge in [-0.25, -0.2) is 0 Å². The van der Waals surface area contributed by atoms with E-state index >= 15 is 0 Å². The zero-order chi connectivity index (χ0) is 9.97. The number of hydrogen-bond acceptors (Lipinski definition) is 4. The second-order valence-corrected chi connectivity index (χ2v) is 4.04. The second-order valence-electron chi connectivity index (χ2n) is 4.04. The summed E-state index contributed by atoms with van der Waals surface area (Å²) in [6, 6.07) is -0.152. The molecule has 0 radical (unpaired) electrons. The Labute approximate surface area is 84.0 Å². The molecule has 1 saturated heterocycles. The van der Waals surface area contributed by atoms with Crippen LogP contribution in [0, 0.1) is 0 Å². The first kappa shape index (κ1) is 9.93. The fourth-order valence-corrected chi connectivity index (χ4v) is 1.80. The zero-order valence-electron chi connectivity index (χ0n) is 8.49. The first-order valence-corrected chi connectivity index (χ1v) is 5.26. The Balaban J connectivity index is 1.74. The molecule has 0 aromatic carbocycles. The molecule has 0 aromatic rings. The van der Waals surface area contributed by atoms with Crippen LogP contribution in [0.25, 0.3) is 0 Å². The third-order valence-electron chi connectivity index (χ3n) is 3.04. The van der Waals surface area contributed by atoms with Crippen molar-refractivity contribution in [2.45, 2.75) is 43.9 Å². The van der Waals surface area contributed by atoms with Crippen molar-refractivity contribution in [3.63, 3.8) is 0 Å². The van der Waals surface area contributed by atoms with Crippen molar-refractivity contribution in [2.75, 3.05) is 13.7 Å². The van der Waals surface area contributed by atoms with Crippen molar-refractivity contribution >= 4 is 5.97 Å². The van der Waals surface area contributed by atoms with E-state index in [4.69, 9.17) is 9.47 Å². The molecule has 2 atom stereocenters. The van der Waals surface area contributed by atoms with Crippen molar-refractivity contribution in [3.8, 4) is 0 Å². The summed E-state index contributed by atoms with van der Waals surface area (Å²) in [4.78, 5) is 11.6. The van der Waals surface area contributed by atoms with Crippen molar-refractivity contribution in [1.29, 1.82) is 0 Å². The molecule has 2 rings (SSSR count). The number of carbonyl (C=O) groups excluding carboxylic acids is 1. The Morgan fingerprint density at radius 3 is 2.64 bits per heavy atom. The highest BCUT2D eigenvalue weighted by atomic mass is 16.5. The Morgan fingerprint density at radius 1 is 1.36 bits per heavy atom. The summed E-state index contributed by atoms with van der Waals surface area (Å²) in [7, 11) is 1.67. The number of methoxy groups -OCH3 is 1. The summed E-state index contributed by atoms with van der Waals surface area (Å²) in [6.07, 6.45) is 4.34. The Morgan fingerprint density at radius 2 is 2.14 bits per heavy atom. The van der Waals surface area contributed by atoms with Gasteiger partial charge in [0.1, 0.15) is 12.1 Å². The normalized spacial score (nSPS) is 32.6. The highest BCUT2D eigenvalue weighted by Crippen LogP contribution is 2.23. The SMILES string of the molecule is COC1CNC(C(=O)OC2CCC2)C1. The molecular formula is C10H17NO3. The van der Waals surface area contributed by atoms with Crippen LogP contribution in [-0.4, -0.2) is 37.9 Å². The van der Waals surface area contributed by atoms with Crippen LogP contribution in [0.2, 0.25) is 0 Å². The molecule has 0 bridgehead atoms. The maximum atomic E-state index is 11.6. The van der Waals surface area contributed by atoms with Crippen molar-refractivity contribution in [3.05, 3.63) is 0 Å². The summed E-state index contributed by atoms with van der Waals surface area (Å²) in [6.45, 7) is 0.751. The number of hydrogen-bond donors (Lipinski definition) is 1. The summed E-state index contributed by atoms with van der Waals surface area (Å²) in [5.74, 6) is -0.103. The minimum atomic E-state index is -0.152. The average molecular weight is 199 g/mol. The molecule has 2 fully saturated rings. The summed E-state index contributed by atoms with van der Waals surface area (Å²) >= 11 is 0. The van der Waals surface area contributed by atoms with Crippen LogP contribution in [0.5, 0.6) is 0 Å². The van der Waals surface area contributed by atoms with Gasteiger partial charge in [0.2, 0.25) is 0 Å². The van der Waals surface area contributed by atoms with E-state index in [-0.39, 0.29) is 24.2 Å². The lowest BCUT2D eigenvalue weighted by atomic mass is 9.96. The predicted octanol–water partition coefficient (Wildman–Crippen LogP) is 0.459. The van der Waals surface area contributed by atoms with Crippen LogP contribution in [0.4, 0.5) is 0 Å². The first-order chi connectivity index (χ1) is 6.79. The molecule has 2 aliphatic rings. The first-order valence-electron chi connectivity index (χ1n) is 5.26. The molecule has 80 valence electrons. The van der Waals surface area contributed by atoms with Crippen LogP contribution >= 0.6 is 0 Å². The van der Waals surface area contributed by atoms with E-state index in [0.29, 0.717) is 0 Å². The van der Waals surface area contributed by atoms with E-state index in [2.05, 4.69) is 5.32 Å². The Bertz CT molecular complexity index is 215. The quantitative estimate of drug-likeness (QED) is 0.671. The lowest BCUT2D eigenvalue weighted by Crippen LogP contribution is -2.36. The molecule has 1 N–H and O–H groups in total. The molecule has 1 saturated carbocycles. The summed E-state index contributed by atoms with van der Waals surface area (Å²) < 4.78 is 10.5. The number of nitrogens with one attached hydrogen (secondary N) is 1. The monoisotopic (exact) mass is 199 g/mol. The van der Waals surface area contributed by atoms with E-state index in [1.165, 1.54) is 6.42 Å².